The molecule has 0 spiro atoms. The summed E-state index contributed by atoms with van der Waals surface area (Å²) >= 11 is 0. The summed E-state index contributed by atoms with van der Waals surface area (Å²) in [6.07, 6.45) is 1.40. The van der Waals surface area contributed by atoms with Crippen LogP contribution in [0.3, 0.4) is 0 Å². The van der Waals surface area contributed by atoms with E-state index in [1.807, 2.05) is 19.0 Å². The van der Waals surface area contributed by atoms with E-state index in [-0.39, 0.29) is 23.6 Å². The summed E-state index contributed by atoms with van der Waals surface area (Å²) in [5.74, 6) is 0.247. The third-order valence-electron chi connectivity index (χ3n) is 2.64. The van der Waals surface area contributed by atoms with Gasteiger partial charge in [0.15, 0.2) is 9.84 Å². The van der Waals surface area contributed by atoms with Crippen molar-refractivity contribution in [3.63, 3.8) is 0 Å². The molecule has 2 amide bonds. The van der Waals surface area contributed by atoms with E-state index in [2.05, 4.69) is 10.6 Å². The molecule has 6 nitrogen and oxygen atoms in total. The first-order valence-electron chi connectivity index (χ1n) is 5.78. The molecule has 1 atom stereocenters. The summed E-state index contributed by atoms with van der Waals surface area (Å²) in [6, 6.07) is -0.500. The summed E-state index contributed by atoms with van der Waals surface area (Å²) in [4.78, 5) is 13.5. The molecule has 1 aliphatic heterocycles. The van der Waals surface area contributed by atoms with Gasteiger partial charge >= 0.3 is 6.03 Å². The number of carbonyl (C=O) groups excluding carboxylic acids is 1. The number of urea groups is 1. The highest BCUT2D eigenvalue weighted by molar-refractivity contribution is 7.91. The first-order chi connectivity index (χ1) is 7.89. The Morgan fingerprint density at radius 2 is 2.12 bits per heavy atom. The molecule has 0 aromatic rings. The molecule has 0 bridgehead atoms. The van der Waals surface area contributed by atoms with Crippen molar-refractivity contribution in [1.82, 2.24) is 15.5 Å². The summed E-state index contributed by atoms with van der Waals surface area (Å²) in [7, 11) is 1.02. The summed E-state index contributed by atoms with van der Waals surface area (Å²) < 4.78 is 22.4. The zero-order valence-electron chi connectivity index (χ0n) is 10.4. The molecule has 1 rings (SSSR count). The lowest BCUT2D eigenvalue weighted by atomic mass is 10.3. The second-order valence-corrected chi connectivity index (χ2v) is 6.89. The Balaban J connectivity index is 2.14. The fourth-order valence-electron chi connectivity index (χ4n) is 1.74. The Labute approximate surface area is 103 Å². The molecule has 100 valence electrons. The maximum Gasteiger partial charge on any atom is 0.315 e. The number of nitrogens with one attached hydrogen (secondary N) is 2. The molecule has 7 heteroatoms. The van der Waals surface area contributed by atoms with Crippen LogP contribution in [0.15, 0.2) is 0 Å². The fraction of sp³-hybridized carbons (Fsp3) is 0.900. The lowest BCUT2D eigenvalue weighted by molar-refractivity contribution is 0.237. The average Bonchev–Trinajstić information content (AvgIpc) is 2.52. The Kier molecular flexibility index (Phi) is 5.20. The number of hydrogen-bond acceptors (Lipinski definition) is 4. The number of sulfone groups is 1. The summed E-state index contributed by atoms with van der Waals surface area (Å²) in [5.41, 5.74) is 0. The van der Waals surface area contributed by atoms with Crippen molar-refractivity contribution in [3.8, 4) is 0 Å². The minimum Gasteiger partial charge on any atom is -0.338 e. The number of amides is 2. The number of hydrogen-bond donors (Lipinski definition) is 2. The maximum absolute atomic E-state index is 11.4. The molecule has 0 aromatic carbocycles. The molecule has 1 heterocycles. The lowest BCUT2D eigenvalue weighted by Crippen LogP contribution is -2.43. The van der Waals surface area contributed by atoms with Crippen LogP contribution in [0.5, 0.6) is 0 Å². The second-order valence-electron chi connectivity index (χ2n) is 4.66. The van der Waals surface area contributed by atoms with E-state index in [1.54, 1.807) is 0 Å². The van der Waals surface area contributed by atoms with Crippen LogP contribution in [0.1, 0.15) is 12.8 Å². The van der Waals surface area contributed by atoms with E-state index in [1.165, 1.54) is 0 Å². The maximum atomic E-state index is 11.4. The van der Waals surface area contributed by atoms with E-state index in [0.29, 0.717) is 13.0 Å². The van der Waals surface area contributed by atoms with E-state index in [0.717, 1.165) is 13.0 Å². The number of carbonyl (C=O) groups is 1. The van der Waals surface area contributed by atoms with Crippen molar-refractivity contribution in [2.24, 2.45) is 0 Å². The van der Waals surface area contributed by atoms with E-state index in [4.69, 9.17) is 0 Å². The molecule has 0 radical (unpaired) electrons. The van der Waals surface area contributed by atoms with Crippen molar-refractivity contribution < 1.29 is 13.2 Å². The molecule has 1 aliphatic rings. The van der Waals surface area contributed by atoms with Gasteiger partial charge < -0.3 is 15.5 Å². The van der Waals surface area contributed by atoms with Gasteiger partial charge in [0.25, 0.3) is 0 Å². The largest absolute Gasteiger partial charge is 0.338 e. The zero-order chi connectivity index (χ0) is 12.9. The molecular formula is C10H21N3O3S. The molecule has 17 heavy (non-hydrogen) atoms. The van der Waals surface area contributed by atoms with Crippen molar-refractivity contribution >= 4 is 15.9 Å². The molecule has 1 fully saturated rings. The van der Waals surface area contributed by atoms with Crippen molar-refractivity contribution in [2.75, 3.05) is 38.7 Å². The van der Waals surface area contributed by atoms with Crippen LogP contribution in [0.25, 0.3) is 0 Å². The molecule has 1 unspecified atom stereocenters. The molecule has 2 N–H and O–H groups in total. The van der Waals surface area contributed by atoms with Crippen LogP contribution in [0, 0.1) is 0 Å². The Morgan fingerprint density at radius 3 is 2.65 bits per heavy atom. The predicted octanol–water partition coefficient (Wildman–Crippen LogP) is -0.576. The first-order valence-corrected chi connectivity index (χ1v) is 7.61. The van der Waals surface area contributed by atoms with Crippen molar-refractivity contribution in [2.45, 2.75) is 18.9 Å². The standard InChI is InChI=1S/C10H21N3O3S/c1-13(2)6-3-5-11-10(14)12-9-4-7-17(15,16)8-9/h9H,3-8H2,1-2H3,(H2,11,12,14). The highest BCUT2D eigenvalue weighted by Crippen LogP contribution is 2.10. The van der Waals surface area contributed by atoms with Crippen LogP contribution in [-0.4, -0.2) is 64.1 Å². The summed E-state index contributed by atoms with van der Waals surface area (Å²) in [6.45, 7) is 1.52. The van der Waals surface area contributed by atoms with Crippen LogP contribution >= 0.6 is 0 Å². The van der Waals surface area contributed by atoms with Crippen LogP contribution in [0.2, 0.25) is 0 Å². The third kappa shape index (κ3) is 5.88. The van der Waals surface area contributed by atoms with E-state index in [9.17, 15) is 13.2 Å². The molecule has 0 aliphatic carbocycles. The van der Waals surface area contributed by atoms with Crippen LogP contribution < -0.4 is 10.6 Å². The summed E-state index contributed by atoms with van der Waals surface area (Å²) in [5, 5.41) is 5.40. The van der Waals surface area contributed by atoms with Gasteiger partial charge in [-0.15, -0.1) is 0 Å². The quantitative estimate of drug-likeness (QED) is 0.651. The lowest BCUT2D eigenvalue weighted by Gasteiger charge is -2.13. The van der Waals surface area contributed by atoms with E-state index >= 15 is 0 Å². The number of nitrogens with zero attached hydrogens (tertiary/aromatic N) is 1. The van der Waals surface area contributed by atoms with Crippen LogP contribution in [-0.2, 0) is 9.84 Å². The monoisotopic (exact) mass is 263 g/mol. The SMILES string of the molecule is CN(C)CCCNC(=O)NC1CCS(=O)(=O)C1. The van der Waals surface area contributed by atoms with Gasteiger partial charge in [-0.2, -0.15) is 0 Å². The molecule has 0 aromatic heterocycles. The highest BCUT2D eigenvalue weighted by Gasteiger charge is 2.28. The molecule has 1 saturated heterocycles. The Hall–Kier alpha value is -0.820. The van der Waals surface area contributed by atoms with Gasteiger partial charge in [0.1, 0.15) is 0 Å². The zero-order valence-corrected chi connectivity index (χ0v) is 11.2. The smallest absolute Gasteiger partial charge is 0.315 e. The van der Waals surface area contributed by atoms with Gasteiger partial charge in [-0.3, -0.25) is 0 Å². The van der Waals surface area contributed by atoms with Crippen molar-refractivity contribution in [1.29, 1.82) is 0 Å². The third-order valence-corrected chi connectivity index (χ3v) is 4.40. The molecule has 0 saturated carbocycles. The predicted molar refractivity (Wildman–Crippen MR) is 66.8 cm³/mol. The Bertz CT molecular complexity index is 354. The average molecular weight is 263 g/mol. The normalized spacial score (nSPS) is 22.6. The topological polar surface area (TPSA) is 78.5 Å². The van der Waals surface area contributed by atoms with Gasteiger partial charge in [-0.25, -0.2) is 13.2 Å². The van der Waals surface area contributed by atoms with Gasteiger partial charge in [-0.05, 0) is 33.5 Å². The minimum atomic E-state index is -2.93. The van der Waals surface area contributed by atoms with Crippen molar-refractivity contribution in [3.05, 3.63) is 0 Å². The fourth-order valence-corrected chi connectivity index (χ4v) is 3.42. The van der Waals surface area contributed by atoms with Gasteiger partial charge in [-0.1, -0.05) is 0 Å². The van der Waals surface area contributed by atoms with Crippen LogP contribution in [0.4, 0.5) is 4.79 Å². The first kappa shape index (κ1) is 14.2. The van der Waals surface area contributed by atoms with Gasteiger partial charge in [0.2, 0.25) is 0 Å². The minimum absolute atomic E-state index is 0.0676. The van der Waals surface area contributed by atoms with Gasteiger partial charge in [0, 0.05) is 12.6 Å². The van der Waals surface area contributed by atoms with E-state index < -0.39 is 9.84 Å². The Morgan fingerprint density at radius 1 is 1.41 bits per heavy atom. The highest BCUT2D eigenvalue weighted by atomic mass is 32.2. The molecular weight excluding hydrogens is 242 g/mol. The van der Waals surface area contributed by atoms with Gasteiger partial charge in [0.05, 0.1) is 11.5 Å². The second kappa shape index (κ2) is 6.20. The number of rotatable bonds is 5.